The molecule has 1 aliphatic rings. The van der Waals surface area contributed by atoms with Crippen molar-refractivity contribution < 1.29 is 14.2 Å². The van der Waals surface area contributed by atoms with E-state index >= 15 is 0 Å². The van der Waals surface area contributed by atoms with Crippen LogP contribution in [0.2, 0.25) is 0 Å². The second-order valence-corrected chi connectivity index (χ2v) is 5.89. The Morgan fingerprint density at radius 2 is 2.00 bits per heavy atom. The third-order valence-electron chi connectivity index (χ3n) is 3.60. The lowest BCUT2D eigenvalue weighted by Crippen LogP contribution is -2.18. The van der Waals surface area contributed by atoms with Crippen molar-refractivity contribution in [1.82, 2.24) is 5.32 Å². The SMILES string of the molecule is COc1cc(CNCCCCC(C)C)cc2c1OCCO2. The van der Waals surface area contributed by atoms with E-state index in [-0.39, 0.29) is 0 Å². The zero-order chi connectivity index (χ0) is 15.1. The summed E-state index contributed by atoms with van der Waals surface area (Å²) in [4.78, 5) is 0. The molecule has 1 aromatic carbocycles. The fourth-order valence-electron chi connectivity index (χ4n) is 2.46. The van der Waals surface area contributed by atoms with Crippen molar-refractivity contribution in [2.24, 2.45) is 5.92 Å². The van der Waals surface area contributed by atoms with E-state index in [2.05, 4.69) is 19.2 Å². The Hall–Kier alpha value is -1.42. The monoisotopic (exact) mass is 293 g/mol. The predicted molar refractivity (Wildman–Crippen MR) is 84.4 cm³/mol. The van der Waals surface area contributed by atoms with E-state index < -0.39 is 0 Å². The molecular formula is C17H27NO3. The lowest BCUT2D eigenvalue weighted by molar-refractivity contribution is 0.165. The van der Waals surface area contributed by atoms with Crippen molar-refractivity contribution in [3.05, 3.63) is 17.7 Å². The van der Waals surface area contributed by atoms with Gasteiger partial charge in [-0.3, -0.25) is 0 Å². The maximum Gasteiger partial charge on any atom is 0.203 e. The van der Waals surface area contributed by atoms with Gasteiger partial charge in [-0.1, -0.05) is 26.7 Å². The highest BCUT2D eigenvalue weighted by molar-refractivity contribution is 5.54. The number of nitrogens with one attached hydrogen (secondary N) is 1. The van der Waals surface area contributed by atoms with Gasteiger partial charge >= 0.3 is 0 Å². The normalized spacial score (nSPS) is 13.5. The Labute approximate surface area is 127 Å². The van der Waals surface area contributed by atoms with Crippen LogP contribution in [0.15, 0.2) is 12.1 Å². The molecule has 0 amide bonds. The third kappa shape index (κ3) is 4.81. The number of rotatable bonds is 8. The molecule has 1 aliphatic heterocycles. The van der Waals surface area contributed by atoms with Gasteiger partial charge in [-0.25, -0.2) is 0 Å². The van der Waals surface area contributed by atoms with Gasteiger partial charge in [-0.05, 0) is 36.6 Å². The van der Waals surface area contributed by atoms with E-state index in [4.69, 9.17) is 14.2 Å². The first kappa shape index (κ1) is 16.0. The van der Waals surface area contributed by atoms with Crippen LogP contribution >= 0.6 is 0 Å². The van der Waals surface area contributed by atoms with Crippen LogP contribution in [0.25, 0.3) is 0 Å². The summed E-state index contributed by atoms with van der Waals surface area (Å²) < 4.78 is 16.6. The predicted octanol–water partition coefficient (Wildman–Crippen LogP) is 3.38. The van der Waals surface area contributed by atoms with Gasteiger partial charge < -0.3 is 19.5 Å². The summed E-state index contributed by atoms with van der Waals surface area (Å²) >= 11 is 0. The largest absolute Gasteiger partial charge is 0.493 e. The van der Waals surface area contributed by atoms with Crippen LogP contribution in [0.5, 0.6) is 17.2 Å². The van der Waals surface area contributed by atoms with E-state index in [9.17, 15) is 0 Å². The number of unbranched alkanes of at least 4 members (excludes halogenated alkanes) is 1. The number of methoxy groups -OCH3 is 1. The standard InChI is InChI=1S/C17H27NO3/c1-13(2)6-4-5-7-18-12-14-10-15(19-3)17-16(11-14)20-8-9-21-17/h10-11,13,18H,4-9,12H2,1-3H3. The van der Waals surface area contributed by atoms with Crippen molar-refractivity contribution in [2.45, 2.75) is 39.7 Å². The molecule has 0 spiro atoms. The van der Waals surface area contributed by atoms with E-state index in [1.165, 1.54) is 24.8 Å². The van der Waals surface area contributed by atoms with Crippen LogP contribution in [-0.4, -0.2) is 26.9 Å². The Balaban J connectivity index is 1.83. The average molecular weight is 293 g/mol. The Kier molecular flexibility index (Phi) is 6.18. The molecule has 0 aromatic heterocycles. The number of fused-ring (bicyclic) bond motifs is 1. The van der Waals surface area contributed by atoms with Gasteiger partial charge in [0.2, 0.25) is 5.75 Å². The smallest absolute Gasteiger partial charge is 0.203 e. The molecule has 1 N–H and O–H groups in total. The number of ether oxygens (including phenoxy) is 3. The van der Waals surface area contributed by atoms with Crippen LogP contribution in [0.1, 0.15) is 38.7 Å². The highest BCUT2D eigenvalue weighted by atomic mass is 16.6. The molecule has 2 rings (SSSR count). The molecule has 0 radical (unpaired) electrons. The Morgan fingerprint density at radius 3 is 2.76 bits per heavy atom. The fourth-order valence-corrected chi connectivity index (χ4v) is 2.46. The minimum atomic E-state index is 0.580. The first-order valence-corrected chi connectivity index (χ1v) is 7.88. The molecule has 0 atom stereocenters. The van der Waals surface area contributed by atoms with Crippen molar-refractivity contribution in [2.75, 3.05) is 26.9 Å². The Bertz CT molecular complexity index is 429. The van der Waals surface area contributed by atoms with Crippen molar-refractivity contribution >= 4 is 0 Å². The van der Waals surface area contributed by atoms with Gasteiger partial charge in [0, 0.05) is 6.54 Å². The first-order chi connectivity index (χ1) is 10.2. The molecule has 4 nitrogen and oxygen atoms in total. The first-order valence-electron chi connectivity index (χ1n) is 7.88. The maximum absolute atomic E-state index is 5.65. The Morgan fingerprint density at radius 1 is 1.19 bits per heavy atom. The fraction of sp³-hybridized carbons (Fsp3) is 0.647. The summed E-state index contributed by atoms with van der Waals surface area (Å²) in [6.45, 7) is 7.60. The number of benzene rings is 1. The van der Waals surface area contributed by atoms with Crippen LogP contribution in [0.4, 0.5) is 0 Å². The molecule has 0 saturated heterocycles. The molecule has 1 aromatic rings. The summed E-state index contributed by atoms with van der Waals surface area (Å²) in [6, 6.07) is 4.06. The van der Waals surface area contributed by atoms with Crippen molar-refractivity contribution in [3.8, 4) is 17.2 Å². The average Bonchev–Trinajstić information content (AvgIpc) is 2.49. The second-order valence-electron chi connectivity index (χ2n) is 5.89. The quantitative estimate of drug-likeness (QED) is 0.746. The van der Waals surface area contributed by atoms with E-state index in [1.807, 2.05) is 12.1 Å². The molecular weight excluding hydrogens is 266 g/mol. The summed E-state index contributed by atoms with van der Waals surface area (Å²) in [5.41, 5.74) is 1.17. The molecule has 118 valence electrons. The van der Waals surface area contributed by atoms with Gasteiger partial charge in [0.1, 0.15) is 13.2 Å². The summed E-state index contributed by atoms with van der Waals surface area (Å²) in [6.07, 6.45) is 3.81. The van der Waals surface area contributed by atoms with Crippen molar-refractivity contribution in [3.63, 3.8) is 0 Å². The van der Waals surface area contributed by atoms with Crippen LogP contribution in [-0.2, 0) is 6.54 Å². The molecule has 0 aliphatic carbocycles. The molecule has 0 fully saturated rings. The molecule has 21 heavy (non-hydrogen) atoms. The minimum absolute atomic E-state index is 0.580. The van der Waals surface area contributed by atoms with E-state index in [0.29, 0.717) is 13.2 Å². The number of hydrogen-bond donors (Lipinski definition) is 1. The zero-order valence-electron chi connectivity index (χ0n) is 13.4. The molecule has 0 bridgehead atoms. The number of hydrogen-bond acceptors (Lipinski definition) is 4. The lowest BCUT2D eigenvalue weighted by Gasteiger charge is -2.21. The summed E-state index contributed by atoms with van der Waals surface area (Å²) in [7, 11) is 1.66. The van der Waals surface area contributed by atoms with Gasteiger partial charge in [-0.2, -0.15) is 0 Å². The van der Waals surface area contributed by atoms with Gasteiger partial charge in [0.25, 0.3) is 0 Å². The topological polar surface area (TPSA) is 39.7 Å². The molecule has 1 heterocycles. The summed E-state index contributed by atoms with van der Waals surface area (Å²) in [5.74, 6) is 3.07. The van der Waals surface area contributed by atoms with Gasteiger partial charge in [-0.15, -0.1) is 0 Å². The molecule has 4 heteroatoms. The van der Waals surface area contributed by atoms with Crippen LogP contribution < -0.4 is 19.5 Å². The lowest BCUT2D eigenvalue weighted by atomic mass is 10.1. The highest BCUT2D eigenvalue weighted by Crippen LogP contribution is 2.40. The highest BCUT2D eigenvalue weighted by Gasteiger charge is 2.18. The van der Waals surface area contributed by atoms with Crippen LogP contribution in [0.3, 0.4) is 0 Å². The van der Waals surface area contributed by atoms with Gasteiger partial charge in [0.05, 0.1) is 7.11 Å². The van der Waals surface area contributed by atoms with Gasteiger partial charge in [0.15, 0.2) is 11.5 Å². The summed E-state index contributed by atoms with van der Waals surface area (Å²) in [5, 5.41) is 3.48. The molecule has 0 saturated carbocycles. The van der Waals surface area contributed by atoms with E-state index in [0.717, 1.165) is 36.3 Å². The molecule has 0 unspecified atom stereocenters. The zero-order valence-corrected chi connectivity index (χ0v) is 13.4. The van der Waals surface area contributed by atoms with Crippen LogP contribution in [0, 0.1) is 5.92 Å². The third-order valence-corrected chi connectivity index (χ3v) is 3.60. The maximum atomic E-state index is 5.65. The second kappa shape index (κ2) is 8.13. The van der Waals surface area contributed by atoms with E-state index in [1.54, 1.807) is 7.11 Å². The van der Waals surface area contributed by atoms with Crippen molar-refractivity contribution in [1.29, 1.82) is 0 Å². The minimum Gasteiger partial charge on any atom is -0.493 e.